The van der Waals surface area contributed by atoms with Gasteiger partial charge in [0.1, 0.15) is 0 Å². The lowest BCUT2D eigenvalue weighted by Gasteiger charge is -2.35. The number of nitrogens with zero attached hydrogens (tertiary/aromatic N) is 3. The average molecular weight is 323 g/mol. The summed E-state index contributed by atoms with van der Waals surface area (Å²) in [6.45, 7) is 1.31. The monoisotopic (exact) mass is 323 g/mol. The molecule has 3 nitrogen and oxygen atoms in total. The van der Waals surface area contributed by atoms with Crippen LogP contribution < -0.4 is 0 Å². The van der Waals surface area contributed by atoms with Crippen LogP contribution in [0.2, 0.25) is 0 Å². The number of likely N-dealkylation sites (tertiary alicyclic amines) is 1. The summed E-state index contributed by atoms with van der Waals surface area (Å²) in [6, 6.07) is 11.6. The van der Waals surface area contributed by atoms with Crippen LogP contribution in [0.15, 0.2) is 42.6 Å². The standard InChI is InChI=1S/C17H20F3N3/c18-17(19,20)16-9-11-23(21-16)13-22-10-5-4-8-15(22)12-14-6-2-1-3-7-14/h1-3,6-7,9,11,15H,4-5,8,10,12-13H2. The quantitative estimate of drug-likeness (QED) is 0.849. The first-order valence-corrected chi connectivity index (χ1v) is 7.91. The summed E-state index contributed by atoms with van der Waals surface area (Å²) in [5.74, 6) is 0. The first-order valence-electron chi connectivity index (χ1n) is 7.91. The van der Waals surface area contributed by atoms with Crippen LogP contribution in [-0.4, -0.2) is 27.3 Å². The van der Waals surface area contributed by atoms with E-state index in [0.717, 1.165) is 31.9 Å². The lowest BCUT2D eigenvalue weighted by molar-refractivity contribution is -0.141. The minimum Gasteiger partial charge on any atom is -0.281 e. The lowest BCUT2D eigenvalue weighted by Crippen LogP contribution is -2.42. The molecule has 0 amide bonds. The number of halogens is 3. The molecule has 0 saturated carbocycles. The number of alkyl halides is 3. The summed E-state index contributed by atoms with van der Waals surface area (Å²) in [4.78, 5) is 2.24. The highest BCUT2D eigenvalue weighted by Gasteiger charge is 2.34. The highest BCUT2D eigenvalue weighted by atomic mass is 19.4. The number of hydrogen-bond donors (Lipinski definition) is 0. The summed E-state index contributed by atoms with van der Waals surface area (Å²) in [5.41, 5.74) is 0.440. The zero-order valence-corrected chi connectivity index (χ0v) is 12.8. The van der Waals surface area contributed by atoms with Gasteiger partial charge >= 0.3 is 6.18 Å². The van der Waals surface area contributed by atoms with E-state index in [9.17, 15) is 13.2 Å². The predicted molar refractivity (Wildman–Crippen MR) is 81.7 cm³/mol. The zero-order valence-electron chi connectivity index (χ0n) is 12.8. The van der Waals surface area contributed by atoms with E-state index < -0.39 is 11.9 Å². The molecule has 1 unspecified atom stereocenters. The molecule has 0 radical (unpaired) electrons. The Morgan fingerprint density at radius 3 is 2.57 bits per heavy atom. The highest BCUT2D eigenvalue weighted by molar-refractivity contribution is 5.16. The molecule has 0 aliphatic carbocycles. The van der Waals surface area contributed by atoms with Gasteiger partial charge in [-0.2, -0.15) is 18.3 Å². The molecule has 1 aromatic carbocycles. The van der Waals surface area contributed by atoms with Crippen LogP contribution in [0.4, 0.5) is 13.2 Å². The fourth-order valence-electron chi connectivity index (χ4n) is 3.14. The van der Waals surface area contributed by atoms with Gasteiger partial charge in [0.05, 0.1) is 6.67 Å². The van der Waals surface area contributed by atoms with Crippen LogP contribution in [0, 0.1) is 0 Å². The highest BCUT2D eigenvalue weighted by Crippen LogP contribution is 2.27. The van der Waals surface area contributed by atoms with Gasteiger partial charge in [0.15, 0.2) is 5.69 Å². The van der Waals surface area contributed by atoms with Crippen LogP contribution in [0.3, 0.4) is 0 Å². The number of aromatic nitrogens is 2. The van der Waals surface area contributed by atoms with Gasteiger partial charge in [0, 0.05) is 18.8 Å². The normalized spacial score (nSPS) is 19.9. The third-order valence-electron chi connectivity index (χ3n) is 4.32. The maximum absolute atomic E-state index is 12.7. The Hall–Kier alpha value is -1.82. The van der Waals surface area contributed by atoms with E-state index in [1.165, 1.54) is 22.9 Å². The first kappa shape index (κ1) is 16.1. The SMILES string of the molecule is FC(F)(F)c1ccn(CN2CCCCC2Cc2ccccc2)n1. The van der Waals surface area contributed by atoms with Gasteiger partial charge in [0.2, 0.25) is 0 Å². The molecule has 1 saturated heterocycles. The second kappa shape index (κ2) is 6.74. The molecular formula is C17H20F3N3. The minimum atomic E-state index is -4.38. The first-order chi connectivity index (χ1) is 11.0. The Kier molecular flexibility index (Phi) is 4.71. The van der Waals surface area contributed by atoms with Crippen molar-refractivity contribution in [3.63, 3.8) is 0 Å². The third kappa shape index (κ3) is 4.13. The second-order valence-electron chi connectivity index (χ2n) is 6.03. The van der Waals surface area contributed by atoms with Crippen molar-refractivity contribution in [3.8, 4) is 0 Å². The number of benzene rings is 1. The van der Waals surface area contributed by atoms with Crippen molar-refractivity contribution in [3.05, 3.63) is 53.9 Å². The van der Waals surface area contributed by atoms with E-state index in [4.69, 9.17) is 0 Å². The molecule has 23 heavy (non-hydrogen) atoms. The van der Waals surface area contributed by atoms with Crippen LogP contribution >= 0.6 is 0 Å². The van der Waals surface area contributed by atoms with E-state index in [1.54, 1.807) is 0 Å². The molecule has 6 heteroatoms. The Bertz CT molecular complexity index is 622. The molecule has 1 aliphatic rings. The molecule has 1 fully saturated rings. The molecule has 3 rings (SSSR count). The Labute approximate surface area is 133 Å². The van der Waals surface area contributed by atoms with Crippen LogP contribution in [-0.2, 0) is 19.3 Å². The summed E-state index contributed by atoms with van der Waals surface area (Å²) in [6.07, 6.45) is 1.28. The minimum absolute atomic E-state index is 0.352. The van der Waals surface area contributed by atoms with E-state index in [0.29, 0.717) is 12.7 Å². The topological polar surface area (TPSA) is 21.1 Å². The van der Waals surface area contributed by atoms with Crippen LogP contribution in [0.25, 0.3) is 0 Å². The Morgan fingerprint density at radius 2 is 1.87 bits per heavy atom. The summed E-state index contributed by atoms with van der Waals surface area (Å²) in [7, 11) is 0. The van der Waals surface area contributed by atoms with Crippen molar-refractivity contribution in [2.24, 2.45) is 0 Å². The van der Waals surface area contributed by atoms with Crippen LogP contribution in [0.5, 0.6) is 0 Å². The molecule has 2 aromatic rings. The molecular weight excluding hydrogens is 303 g/mol. The molecule has 124 valence electrons. The second-order valence-corrected chi connectivity index (χ2v) is 6.03. The Morgan fingerprint density at radius 1 is 1.09 bits per heavy atom. The smallest absolute Gasteiger partial charge is 0.281 e. The van der Waals surface area contributed by atoms with Gasteiger partial charge in [-0.3, -0.25) is 9.58 Å². The van der Waals surface area contributed by atoms with Gasteiger partial charge in [-0.1, -0.05) is 36.8 Å². The Balaban J connectivity index is 1.68. The molecule has 2 heterocycles. The average Bonchev–Trinajstić information content (AvgIpc) is 2.99. The van der Waals surface area contributed by atoms with Gasteiger partial charge in [-0.25, -0.2) is 0 Å². The van der Waals surface area contributed by atoms with Crippen LogP contribution in [0.1, 0.15) is 30.5 Å². The fraction of sp³-hybridized carbons (Fsp3) is 0.471. The van der Waals surface area contributed by atoms with Gasteiger partial charge in [-0.15, -0.1) is 0 Å². The molecule has 0 spiro atoms. The van der Waals surface area contributed by atoms with Gasteiger partial charge < -0.3 is 0 Å². The molecule has 1 aromatic heterocycles. The van der Waals surface area contributed by atoms with E-state index in [2.05, 4.69) is 22.1 Å². The van der Waals surface area contributed by atoms with E-state index in [-0.39, 0.29) is 0 Å². The van der Waals surface area contributed by atoms with Crippen molar-refractivity contribution in [1.29, 1.82) is 0 Å². The lowest BCUT2D eigenvalue weighted by atomic mass is 9.96. The third-order valence-corrected chi connectivity index (χ3v) is 4.32. The zero-order chi connectivity index (χ0) is 16.3. The maximum Gasteiger partial charge on any atom is 0.435 e. The molecule has 0 N–H and O–H groups in total. The van der Waals surface area contributed by atoms with Crippen molar-refractivity contribution >= 4 is 0 Å². The van der Waals surface area contributed by atoms with E-state index in [1.807, 2.05) is 18.2 Å². The number of hydrogen-bond acceptors (Lipinski definition) is 2. The summed E-state index contributed by atoms with van der Waals surface area (Å²) in [5, 5.41) is 3.67. The van der Waals surface area contributed by atoms with Gasteiger partial charge in [-0.05, 0) is 30.9 Å². The maximum atomic E-state index is 12.7. The van der Waals surface area contributed by atoms with Crippen molar-refractivity contribution in [2.45, 2.75) is 44.6 Å². The van der Waals surface area contributed by atoms with Crippen molar-refractivity contribution in [1.82, 2.24) is 14.7 Å². The molecule has 0 bridgehead atoms. The van der Waals surface area contributed by atoms with E-state index >= 15 is 0 Å². The molecule has 1 atom stereocenters. The number of piperidine rings is 1. The fourth-order valence-corrected chi connectivity index (χ4v) is 3.14. The van der Waals surface area contributed by atoms with Gasteiger partial charge in [0.25, 0.3) is 0 Å². The van der Waals surface area contributed by atoms with Crippen molar-refractivity contribution < 1.29 is 13.2 Å². The largest absolute Gasteiger partial charge is 0.435 e. The number of rotatable bonds is 4. The summed E-state index contributed by atoms with van der Waals surface area (Å²) < 4.78 is 39.4. The predicted octanol–water partition coefficient (Wildman–Crippen LogP) is 3.96. The molecule has 1 aliphatic heterocycles. The van der Waals surface area contributed by atoms with Crippen molar-refractivity contribution in [2.75, 3.05) is 6.54 Å². The summed E-state index contributed by atoms with van der Waals surface area (Å²) >= 11 is 0.